The molecule has 2 nitrogen and oxygen atoms in total. The molecule has 1 aromatic heterocycles. The highest BCUT2D eigenvalue weighted by Gasteiger charge is 2.19. The lowest BCUT2D eigenvalue weighted by atomic mass is 9.97. The summed E-state index contributed by atoms with van der Waals surface area (Å²) < 4.78 is 2.42. The topological polar surface area (TPSA) is 8.17 Å². The molecule has 8 aromatic carbocycles. The summed E-state index contributed by atoms with van der Waals surface area (Å²) in [6.45, 7) is 0. The summed E-state index contributed by atoms with van der Waals surface area (Å²) in [5.74, 6) is 0. The van der Waals surface area contributed by atoms with Gasteiger partial charge in [-0.25, -0.2) is 0 Å². The minimum atomic E-state index is 1.08. The quantitative estimate of drug-likeness (QED) is 0.152. The average Bonchev–Trinajstić information content (AvgIpc) is 3.62. The van der Waals surface area contributed by atoms with Crippen LogP contribution in [0.5, 0.6) is 0 Å². The first-order valence-electron chi connectivity index (χ1n) is 19.5. The van der Waals surface area contributed by atoms with Crippen molar-refractivity contribution >= 4 is 34.0 Å². The summed E-state index contributed by atoms with van der Waals surface area (Å²) in [4.78, 5) is 2.39. The summed E-state index contributed by atoms with van der Waals surface area (Å²) in [5, 5.41) is 1.36. The van der Waals surface area contributed by atoms with Gasteiger partial charge in [-0.1, -0.05) is 152 Å². The zero-order chi connectivity index (χ0) is 37.3. The number of aromatic nitrogens is 1. The molecule has 0 bridgehead atoms. The molecule has 1 aliphatic rings. The van der Waals surface area contributed by atoms with Crippen LogP contribution in [0, 0.1) is 0 Å². The molecule has 0 spiro atoms. The third-order valence-corrected chi connectivity index (χ3v) is 11.0. The van der Waals surface area contributed by atoms with Gasteiger partial charge in [-0.3, -0.25) is 0 Å². The number of benzene rings is 8. The van der Waals surface area contributed by atoms with Crippen molar-refractivity contribution in [2.45, 2.75) is 12.8 Å². The van der Waals surface area contributed by atoms with E-state index in [1.54, 1.807) is 0 Å². The Morgan fingerprint density at radius 3 is 1.54 bits per heavy atom. The van der Waals surface area contributed by atoms with E-state index in [2.05, 4.69) is 228 Å². The fourth-order valence-electron chi connectivity index (χ4n) is 8.31. The highest BCUT2D eigenvalue weighted by molar-refractivity contribution is 5.91. The number of allylic oxidation sites excluding steroid dienone is 1. The van der Waals surface area contributed by atoms with Gasteiger partial charge in [0.25, 0.3) is 0 Å². The fourth-order valence-corrected chi connectivity index (χ4v) is 8.31. The summed E-state index contributed by atoms with van der Waals surface area (Å²) in [6, 6.07) is 74.7. The Bertz CT molecular complexity index is 2760. The first kappa shape index (κ1) is 33.4. The van der Waals surface area contributed by atoms with E-state index >= 15 is 0 Å². The number of fused-ring (bicyclic) bond motifs is 3. The second kappa shape index (κ2) is 14.6. The van der Waals surface area contributed by atoms with Crippen molar-refractivity contribution in [1.82, 2.24) is 4.57 Å². The van der Waals surface area contributed by atoms with E-state index in [1.165, 1.54) is 72.4 Å². The molecule has 0 aliphatic heterocycles. The molecule has 1 aliphatic carbocycles. The van der Waals surface area contributed by atoms with Gasteiger partial charge >= 0.3 is 0 Å². The second-order valence-corrected chi connectivity index (χ2v) is 14.5. The molecule has 9 aromatic rings. The lowest BCUT2D eigenvalue weighted by Gasteiger charge is -2.27. The van der Waals surface area contributed by atoms with Crippen molar-refractivity contribution in [2.24, 2.45) is 0 Å². The largest absolute Gasteiger partial charge is 0.310 e. The molecule has 0 amide bonds. The molecule has 0 atom stereocenters. The predicted octanol–water partition coefficient (Wildman–Crippen LogP) is 14.7. The van der Waals surface area contributed by atoms with Crippen molar-refractivity contribution in [2.75, 3.05) is 4.90 Å². The molecule has 10 rings (SSSR count). The zero-order valence-corrected chi connectivity index (χ0v) is 31.1. The van der Waals surface area contributed by atoms with Crippen LogP contribution in [0.15, 0.2) is 212 Å². The standard InChI is InChI=1S/C54H40N2/c1-4-15-39(16-5-1)44-21-14-22-49(36-44)55(50-37-45(40-17-6-2-7-18-40)35-46(38-50)41-19-8-3-9-20-41)47-31-27-42(28-32-47)43-29-33-48(34-30-43)56-53-25-12-10-23-51(53)52-24-11-13-26-54(52)56/h1-10,12-23,25-38H,11,24H2. The Morgan fingerprint density at radius 1 is 0.375 bits per heavy atom. The van der Waals surface area contributed by atoms with Crippen molar-refractivity contribution in [3.8, 4) is 50.2 Å². The van der Waals surface area contributed by atoms with E-state index in [9.17, 15) is 0 Å². The van der Waals surface area contributed by atoms with Crippen molar-refractivity contribution in [3.05, 3.63) is 224 Å². The van der Waals surface area contributed by atoms with Crippen LogP contribution in [0.3, 0.4) is 0 Å². The Hall–Kier alpha value is -7.16. The number of nitrogens with zero attached hydrogens (tertiary/aromatic N) is 2. The van der Waals surface area contributed by atoms with Crippen LogP contribution < -0.4 is 4.90 Å². The maximum atomic E-state index is 2.42. The maximum Gasteiger partial charge on any atom is 0.0537 e. The molecule has 266 valence electrons. The van der Waals surface area contributed by atoms with Crippen LogP contribution in [0.2, 0.25) is 0 Å². The smallest absolute Gasteiger partial charge is 0.0537 e. The number of hydrogen-bond acceptors (Lipinski definition) is 1. The van der Waals surface area contributed by atoms with E-state index in [-0.39, 0.29) is 0 Å². The molecule has 0 unspecified atom stereocenters. The van der Waals surface area contributed by atoms with E-state index in [0.29, 0.717) is 0 Å². The summed E-state index contributed by atoms with van der Waals surface area (Å²) >= 11 is 0. The number of hydrogen-bond donors (Lipinski definition) is 0. The van der Waals surface area contributed by atoms with Crippen LogP contribution in [-0.4, -0.2) is 4.57 Å². The molecule has 2 heteroatoms. The van der Waals surface area contributed by atoms with Crippen molar-refractivity contribution in [1.29, 1.82) is 0 Å². The first-order chi connectivity index (χ1) is 27.8. The van der Waals surface area contributed by atoms with E-state index in [1.807, 2.05) is 0 Å². The highest BCUT2D eigenvalue weighted by atomic mass is 15.1. The van der Waals surface area contributed by atoms with Gasteiger partial charge in [0.05, 0.1) is 5.52 Å². The normalized spacial score (nSPS) is 12.1. The lowest BCUT2D eigenvalue weighted by Crippen LogP contribution is -2.10. The minimum absolute atomic E-state index is 1.08. The third-order valence-electron chi connectivity index (χ3n) is 11.0. The van der Waals surface area contributed by atoms with Crippen LogP contribution in [-0.2, 0) is 6.42 Å². The van der Waals surface area contributed by atoms with E-state index in [0.717, 1.165) is 29.9 Å². The molecular formula is C54H40N2. The Balaban J connectivity index is 1.07. The molecule has 0 N–H and O–H groups in total. The van der Waals surface area contributed by atoms with Gasteiger partial charge in [0.2, 0.25) is 0 Å². The van der Waals surface area contributed by atoms with Gasteiger partial charge in [0, 0.05) is 33.8 Å². The van der Waals surface area contributed by atoms with Gasteiger partial charge in [0.1, 0.15) is 0 Å². The lowest BCUT2D eigenvalue weighted by molar-refractivity contribution is 0.967. The van der Waals surface area contributed by atoms with E-state index < -0.39 is 0 Å². The molecule has 0 fully saturated rings. The Labute approximate surface area is 328 Å². The van der Waals surface area contributed by atoms with Crippen LogP contribution in [0.1, 0.15) is 17.7 Å². The fraction of sp³-hybridized carbons (Fsp3) is 0.0370. The SMILES string of the molecule is C1=Cc2c(c3ccccc3n2-c2ccc(-c3ccc(N(c4cccc(-c5ccccc5)c4)c4cc(-c5ccccc5)cc(-c5ccccc5)c4)cc3)cc2)CC1. The predicted molar refractivity (Wildman–Crippen MR) is 237 cm³/mol. The number of anilines is 3. The van der Waals surface area contributed by atoms with E-state index in [4.69, 9.17) is 0 Å². The van der Waals surface area contributed by atoms with Gasteiger partial charge in [0.15, 0.2) is 0 Å². The number of para-hydroxylation sites is 1. The summed E-state index contributed by atoms with van der Waals surface area (Å²) in [5.41, 5.74) is 18.0. The summed E-state index contributed by atoms with van der Waals surface area (Å²) in [7, 11) is 0. The molecule has 56 heavy (non-hydrogen) atoms. The first-order valence-corrected chi connectivity index (χ1v) is 19.5. The van der Waals surface area contributed by atoms with Gasteiger partial charge in [-0.2, -0.15) is 0 Å². The second-order valence-electron chi connectivity index (χ2n) is 14.5. The van der Waals surface area contributed by atoms with Gasteiger partial charge in [-0.05, 0) is 130 Å². The monoisotopic (exact) mass is 716 g/mol. The van der Waals surface area contributed by atoms with Crippen LogP contribution in [0.25, 0.3) is 67.2 Å². The molecule has 0 saturated carbocycles. The average molecular weight is 717 g/mol. The molecule has 0 radical (unpaired) electrons. The number of aryl methyl sites for hydroxylation is 1. The Kier molecular flexibility index (Phi) is 8.70. The highest BCUT2D eigenvalue weighted by Crippen LogP contribution is 2.42. The van der Waals surface area contributed by atoms with Crippen molar-refractivity contribution in [3.63, 3.8) is 0 Å². The van der Waals surface area contributed by atoms with Crippen LogP contribution in [0.4, 0.5) is 17.1 Å². The molecular weight excluding hydrogens is 677 g/mol. The summed E-state index contributed by atoms with van der Waals surface area (Å²) in [6.07, 6.45) is 6.78. The zero-order valence-electron chi connectivity index (χ0n) is 31.1. The van der Waals surface area contributed by atoms with Crippen molar-refractivity contribution < 1.29 is 0 Å². The third kappa shape index (κ3) is 6.32. The number of rotatable bonds is 8. The maximum absolute atomic E-state index is 2.42. The molecule has 0 saturated heterocycles. The minimum Gasteiger partial charge on any atom is -0.310 e. The Morgan fingerprint density at radius 2 is 0.893 bits per heavy atom. The molecule has 1 heterocycles. The van der Waals surface area contributed by atoms with Gasteiger partial charge in [-0.15, -0.1) is 0 Å². The van der Waals surface area contributed by atoms with Gasteiger partial charge < -0.3 is 9.47 Å². The van der Waals surface area contributed by atoms with Crippen LogP contribution >= 0.6 is 0 Å².